The first-order valence-electron chi connectivity index (χ1n) is 12.6. The Bertz CT molecular complexity index is 1270. The monoisotopic (exact) mass is 572 g/mol. The van der Waals surface area contributed by atoms with Crippen molar-refractivity contribution in [3.8, 4) is 18.1 Å². The van der Waals surface area contributed by atoms with Gasteiger partial charge in [-0.15, -0.1) is 6.42 Å². The van der Waals surface area contributed by atoms with Crippen LogP contribution >= 0.6 is 0 Å². The zero-order chi connectivity index (χ0) is 30.6. The number of carboxylic acid groups (broad SMARTS) is 3. The Labute approximate surface area is 236 Å². The van der Waals surface area contributed by atoms with Crippen molar-refractivity contribution in [1.82, 2.24) is 10.2 Å². The van der Waals surface area contributed by atoms with E-state index in [1.165, 1.54) is 13.0 Å². The molecule has 1 heterocycles. The van der Waals surface area contributed by atoms with Crippen LogP contribution in [0.3, 0.4) is 0 Å². The normalized spacial score (nSPS) is 14.5. The molecule has 1 fully saturated rings. The minimum Gasteiger partial charge on any atom is -0.481 e. The van der Waals surface area contributed by atoms with E-state index in [1.807, 2.05) is 24.3 Å². The molecule has 1 amide bonds. The van der Waals surface area contributed by atoms with Crippen LogP contribution in [0.4, 0.5) is 4.39 Å². The molecule has 0 atom stereocenters. The van der Waals surface area contributed by atoms with Crippen molar-refractivity contribution in [3.05, 3.63) is 65.5 Å². The lowest BCUT2D eigenvalue weighted by Gasteiger charge is -2.42. The van der Waals surface area contributed by atoms with E-state index in [0.29, 0.717) is 18.4 Å². The van der Waals surface area contributed by atoms with Crippen molar-refractivity contribution in [2.24, 2.45) is 0 Å². The maximum atomic E-state index is 14.5. The molecule has 2 aromatic carbocycles. The Morgan fingerprint density at radius 3 is 2.17 bits per heavy atom. The molecule has 3 rings (SSSR count). The van der Waals surface area contributed by atoms with Gasteiger partial charge in [0.25, 0.3) is 0 Å². The van der Waals surface area contributed by atoms with Gasteiger partial charge in [-0.3, -0.25) is 19.3 Å². The summed E-state index contributed by atoms with van der Waals surface area (Å²) >= 11 is 0. The molecule has 0 spiro atoms. The summed E-state index contributed by atoms with van der Waals surface area (Å²) in [6.45, 7) is 4.00. The summed E-state index contributed by atoms with van der Waals surface area (Å²) in [4.78, 5) is 44.6. The standard InChI is InChI=1S/C23H25FN2O2.C6H8O7/c1-3-15-28-20-8-6-7-19(16-20)17-26-13-11-23(12-14-26,25-18(2)27)21-9-4-5-10-22(21)24;7-3(8)1-6(13,5(11)12)2-4(9)10/h1,4-10,16H,11-15,17H2,2H3,(H,25,27);13H,1-2H2,(H,7,8)(H,9,10)(H,11,12). The highest BCUT2D eigenvalue weighted by atomic mass is 19.1. The molecule has 5 N–H and O–H groups in total. The number of piperidine rings is 1. The summed E-state index contributed by atoms with van der Waals surface area (Å²) in [6.07, 6.45) is 4.26. The quantitative estimate of drug-likeness (QED) is 0.251. The molecule has 0 aromatic heterocycles. The average Bonchev–Trinajstić information content (AvgIpc) is 2.88. The minimum absolute atomic E-state index is 0.143. The number of nitrogens with one attached hydrogen (secondary N) is 1. The van der Waals surface area contributed by atoms with Gasteiger partial charge >= 0.3 is 17.9 Å². The third-order valence-electron chi connectivity index (χ3n) is 6.43. The summed E-state index contributed by atoms with van der Waals surface area (Å²) < 4.78 is 20.0. The predicted molar refractivity (Wildman–Crippen MR) is 144 cm³/mol. The van der Waals surface area contributed by atoms with Crippen LogP contribution in [0.25, 0.3) is 0 Å². The molecule has 0 saturated carbocycles. The molecule has 0 radical (unpaired) electrons. The fraction of sp³-hybridized carbons (Fsp3) is 0.379. The van der Waals surface area contributed by atoms with Crippen molar-refractivity contribution in [2.75, 3.05) is 19.7 Å². The van der Waals surface area contributed by atoms with Gasteiger partial charge in [-0.2, -0.15) is 0 Å². The molecule has 2 aromatic rings. The van der Waals surface area contributed by atoms with Crippen LogP contribution in [0.15, 0.2) is 48.5 Å². The molecular weight excluding hydrogens is 539 g/mol. The topological polar surface area (TPSA) is 174 Å². The van der Waals surface area contributed by atoms with E-state index in [1.54, 1.807) is 12.1 Å². The van der Waals surface area contributed by atoms with E-state index in [9.17, 15) is 23.6 Å². The molecule has 1 aliphatic rings. The van der Waals surface area contributed by atoms with E-state index in [2.05, 4.69) is 22.2 Å². The number of benzene rings is 2. The summed E-state index contributed by atoms with van der Waals surface area (Å²) in [5.74, 6) is -2.22. The van der Waals surface area contributed by atoms with E-state index in [-0.39, 0.29) is 18.3 Å². The number of rotatable bonds is 11. The summed E-state index contributed by atoms with van der Waals surface area (Å²) in [6, 6.07) is 14.6. The second-order valence-electron chi connectivity index (χ2n) is 9.64. The molecular formula is C29H33FN2O9. The van der Waals surface area contributed by atoms with Gasteiger partial charge in [0.2, 0.25) is 5.91 Å². The zero-order valence-electron chi connectivity index (χ0n) is 22.5. The van der Waals surface area contributed by atoms with Gasteiger partial charge in [-0.25, -0.2) is 9.18 Å². The van der Waals surface area contributed by atoms with Gasteiger partial charge in [0.15, 0.2) is 5.60 Å². The molecule has 1 aliphatic heterocycles. The van der Waals surface area contributed by atoms with Crippen LogP contribution in [-0.4, -0.2) is 74.4 Å². The van der Waals surface area contributed by atoms with Crippen LogP contribution in [-0.2, 0) is 31.3 Å². The van der Waals surface area contributed by atoms with Crippen LogP contribution < -0.4 is 10.1 Å². The van der Waals surface area contributed by atoms with Gasteiger partial charge in [0, 0.05) is 32.1 Å². The first-order chi connectivity index (χ1) is 19.3. The lowest BCUT2D eigenvalue weighted by Crippen LogP contribution is -2.52. The fourth-order valence-corrected chi connectivity index (χ4v) is 4.57. The highest BCUT2D eigenvalue weighted by Crippen LogP contribution is 2.35. The van der Waals surface area contributed by atoms with Gasteiger partial charge in [-0.05, 0) is 36.6 Å². The smallest absolute Gasteiger partial charge is 0.336 e. The highest BCUT2D eigenvalue weighted by Gasteiger charge is 2.41. The average molecular weight is 573 g/mol. The molecule has 1 saturated heterocycles. The number of halogens is 1. The molecule has 220 valence electrons. The number of carbonyl (C=O) groups excluding carboxylic acids is 1. The van der Waals surface area contributed by atoms with Gasteiger partial charge < -0.3 is 30.5 Å². The number of amides is 1. The molecule has 0 bridgehead atoms. The zero-order valence-corrected chi connectivity index (χ0v) is 22.5. The molecule has 12 heteroatoms. The van der Waals surface area contributed by atoms with Crippen LogP contribution in [0.5, 0.6) is 5.75 Å². The Morgan fingerprint density at radius 1 is 1.05 bits per heavy atom. The summed E-state index contributed by atoms with van der Waals surface area (Å²) in [5, 5.41) is 36.8. The maximum absolute atomic E-state index is 14.5. The molecule has 0 aliphatic carbocycles. The molecule has 11 nitrogen and oxygen atoms in total. The van der Waals surface area contributed by atoms with Crippen molar-refractivity contribution in [1.29, 1.82) is 0 Å². The van der Waals surface area contributed by atoms with E-state index in [4.69, 9.17) is 31.6 Å². The largest absolute Gasteiger partial charge is 0.481 e. The van der Waals surface area contributed by atoms with Crippen molar-refractivity contribution >= 4 is 23.8 Å². The highest BCUT2D eigenvalue weighted by molar-refractivity contribution is 5.88. The molecule has 0 unspecified atom stereocenters. The number of hydrogen-bond donors (Lipinski definition) is 5. The lowest BCUT2D eigenvalue weighted by molar-refractivity contribution is -0.170. The number of hydrogen-bond acceptors (Lipinski definition) is 7. The number of nitrogens with zero attached hydrogens (tertiary/aromatic N) is 1. The summed E-state index contributed by atoms with van der Waals surface area (Å²) in [5.41, 5.74) is -1.70. The lowest BCUT2D eigenvalue weighted by atomic mass is 9.80. The number of likely N-dealkylation sites (tertiary alicyclic amines) is 1. The Balaban J connectivity index is 0.000000383. The van der Waals surface area contributed by atoms with Crippen molar-refractivity contribution in [2.45, 2.75) is 50.3 Å². The number of carbonyl (C=O) groups is 4. The third kappa shape index (κ3) is 9.90. The molecule has 41 heavy (non-hydrogen) atoms. The van der Waals surface area contributed by atoms with Gasteiger partial charge in [0.05, 0.1) is 18.4 Å². The third-order valence-corrected chi connectivity index (χ3v) is 6.43. The first-order valence-corrected chi connectivity index (χ1v) is 12.6. The van der Waals surface area contributed by atoms with Crippen LogP contribution in [0.2, 0.25) is 0 Å². The number of aliphatic carboxylic acids is 3. The fourth-order valence-electron chi connectivity index (χ4n) is 4.57. The second kappa shape index (κ2) is 14.8. The Hall–Kier alpha value is -4.47. The van der Waals surface area contributed by atoms with E-state index >= 15 is 0 Å². The van der Waals surface area contributed by atoms with E-state index < -0.39 is 41.9 Å². The van der Waals surface area contributed by atoms with E-state index in [0.717, 1.165) is 30.9 Å². The van der Waals surface area contributed by atoms with Crippen molar-refractivity contribution in [3.63, 3.8) is 0 Å². The van der Waals surface area contributed by atoms with Crippen LogP contribution in [0, 0.1) is 18.2 Å². The van der Waals surface area contributed by atoms with Gasteiger partial charge in [-0.1, -0.05) is 36.3 Å². The minimum atomic E-state index is -2.74. The summed E-state index contributed by atoms with van der Waals surface area (Å²) in [7, 11) is 0. The first kappa shape index (κ1) is 32.7. The number of aliphatic hydroxyl groups is 1. The Morgan fingerprint density at radius 2 is 1.66 bits per heavy atom. The number of terminal acetylenes is 1. The Kier molecular flexibility index (Phi) is 11.8. The predicted octanol–water partition coefficient (Wildman–Crippen LogP) is 2.22. The SMILES string of the molecule is C#CCOc1cccc(CN2CCC(NC(C)=O)(c3ccccc3F)CC2)c1.O=C(O)CC(O)(CC(=O)O)C(=O)O. The van der Waals surface area contributed by atoms with Crippen LogP contribution in [0.1, 0.15) is 43.7 Å². The number of ether oxygens (including phenoxy) is 1. The number of carboxylic acids is 3. The maximum Gasteiger partial charge on any atom is 0.336 e. The second-order valence-corrected chi connectivity index (χ2v) is 9.64. The van der Waals surface area contributed by atoms with Crippen molar-refractivity contribution < 1.29 is 48.7 Å². The van der Waals surface area contributed by atoms with Gasteiger partial charge in [0.1, 0.15) is 18.2 Å².